The van der Waals surface area contributed by atoms with Crippen molar-refractivity contribution in [1.29, 1.82) is 0 Å². The van der Waals surface area contributed by atoms with E-state index in [-0.39, 0.29) is 11.8 Å². The number of hydrogen-bond donors (Lipinski definition) is 2. The Morgan fingerprint density at radius 3 is 2.10 bits per heavy atom. The molecule has 4 nitrogen and oxygen atoms in total. The van der Waals surface area contributed by atoms with Gasteiger partial charge in [-0.3, -0.25) is 0 Å². The number of rotatable bonds is 5. The molecular formula is C16H19NO3. The Morgan fingerprint density at radius 2 is 1.55 bits per heavy atom. The maximum absolute atomic E-state index is 10.0. The molecule has 0 heterocycles. The Balaban J connectivity index is 2.12. The minimum Gasteiger partial charge on any atom is -0.507 e. The molecule has 0 spiro atoms. The van der Waals surface area contributed by atoms with Crippen LogP contribution in [0.1, 0.15) is 18.5 Å². The van der Waals surface area contributed by atoms with E-state index in [1.54, 1.807) is 20.3 Å². The summed E-state index contributed by atoms with van der Waals surface area (Å²) in [7, 11) is 3.22. The first-order valence-electron chi connectivity index (χ1n) is 6.41. The van der Waals surface area contributed by atoms with E-state index in [1.807, 2.05) is 43.3 Å². The molecule has 1 atom stereocenters. The van der Waals surface area contributed by atoms with E-state index in [9.17, 15) is 5.11 Å². The van der Waals surface area contributed by atoms with Crippen LogP contribution in [-0.4, -0.2) is 19.3 Å². The van der Waals surface area contributed by atoms with Crippen molar-refractivity contribution in [2.45, 2.75) is 13.0 Å². The molecule has 0 fully saturated rings. The number of aromatic hydroxyl groups is 1. The van der Waals surface area contributed by atoms with Crippen LogP contribution >= 0.6 is 0 Å². The molecule has 20 heavy (non-hydrogen) atoms. The van der Waals surface area contributed by atoms with Gasteiger partial charge in [-0.15, -0.1) is 0 Å². The van der Waals surface area contributed by atoms with Crippen molar-refractivity contribution in [3.63, 3.8) is 0 Å². The second kappa shape index (κ2) is 6.19. The van der Waals surface area contributed by atoms with Crippen molar-refractivity contribution in [2.75, 3.05) is 19.5 Å². The molecule has 0 saturated heterocycles. The van der Waals surface area contributed by atoms with Crippen LogP contribution in [0, 0.1) is 0 Å². The number of hydrogen-bond acceptors (Lipinski definition) is 4. The molecule has 0 amide bonds. The first-order chi connectivity index (χ1) is 9.63. The number of ether oxygens (including phenoxy) is 2. The molecule has 0 aliphatic rings. The normalized spacial score (nSPS) is 11.8. The maximum Gasteiger partial charge on any atom is 0.124 e. The van der Waals surface area contributed by atoms with Gasteiger partial charge in [-0.1, -0.05) is 0 Å². The number of methoxy groups -OCH3 is 2. The van der Waals surface area contributed by atoms with Gasteiger partial charge in [-0.25, -0.2) is 0 Å². The van der Waals surface area contributed by atoms with Crippen molar-refractivity contribution < 1.29 is 14.6 Å². The van der Waals surface area contributed by atoms with Crippen molar-refractivity contribution in [2.24, 2.45) is 0 Å². The molecule has 2 aromatic carbocycles. The maximum atomic E-state index is 10.0. The largest absolute Gasteiger partial charge is 0.507 e. The fourth-order valence-electron chi connectivity index (χ4n) is 2.03. The molecule has 2 N–H and O–H groups in total. The summed E-state index contributed by atoms with van der Waals surface area (Å²) in [5.41, 5.74) is 1.79. The van der Waals surface area contributed by atoms with Gasteiger partial charge in [0.1, 0.15) is 17.2 Å². The number of anilines is 1. The summed E-state index contributed by atoms with van der Waals surface area (Å²) in [5, 5.41) is 13.3. The molecular weight excluding hydrogens is 254 g/mol. The van der Waals surface area contributed by atoms with Gasteiger partial charge in [0.05, 0.1) is 20.3 Å². The van der Waals surface area contributed by atoms with E-state index in [0.717, 1.165) is 17.0 Å². The highest BCUT2D eigenvalue weighted by Crippen LogP contribution is 2.30. The van der Waals surface area contributed by atoms with Crippen molar-refractivity contribution >= 4 is 5.69 Å². The van der Waals surface area contributed by atoms with Crippen LogP contribution in [0.15, 0.2) is 42.5 Å². The van der Waals surface area contributed by atoms with Crippen LogP contribution in [-0.2, 0) is 0 Å². The zero-order valence-corrected chi connectivity index (χ0v) is 11.9. The molecule has 1 unspecified atom stereocenters. The van der Waals surface area contributed by atoms with Gasteiger partial charge in [-0.05, 0) is 43.3 Å². The Kier molecular flexibility index (Phi) is 4.35. The third kappa shape index (κ3) is 3.15. The van der Waals surface area contributed by atoms with Gasteiger partial charge in [0.2, 0.25) is 0 Å². The monoisotopic (exact) mass is 273 g/mol. The molecule has 2 rings (SSSR count). The third-order valence-electron chi connectivity index (χ3n) is 3.18. The van der Waals surface area contributed by atoms with Crippen LogP contribution in [0.3, 0.4) is 0 Å². The summed E-state index contributed by atoms with van der Waals surface area (Å²) < 4.78 is 10.2. The van der Waals surface area contributed by atoms with Crippen molar-refractivity contribution in [3.8, 4) is 17.2 Å². The topological polar surface area (TPSA) is 50.7 Å². The Hall–Kier alpha value is -2.36. The van der Waals surface area contributed by atoms with Gasteiger partial charge in [0, 0.05) is 17.3 Å². The summed E-state index contributed by atoms with van der Waals surface area (Å²) in [6.45, 7) is 1.99. The quantitative estimate of drug-likeness (QED) is 0.874. The average molecular weight is 273 g/mol. The molecule has 0 radical (unpaired) electrons. The molecule has 2 aromatic rings. The standard InChI is InChI=1S/C16H19NO3/c1-11(15-9-8-14(20-3)10-16(15)18)17-12-4-6-13(19-2)7-5-12/h4-11,17-18H,1-3H3. The minimum atomic E-state index is -0.0192. The highest BCUT2D eigenvalue weighted by molar-refractivity contribution is 5.50. The second-order valence-corrected chi connectivity index (χ2v) is 4.52. The highest BCUT2D eigenvalue weighted by Gasteiger charge is 2.11. The summed E-state index contributed by atoms with van der Waals surface area (Å²) >= 11 is 0. The number of benzene rings is 2. The molecule has 0 saturated carbocycles. The zero-order valence-electron chi connectivity index (χ0n) is 11.9. The van der Waals surface area contributed by atoms with Crippen LogP contribution in [0.25, 0.3) is 0 Å². The van der Waals surface area contributed by atoms with Gasteiger partial charge >= 0.3 is 0 Å². The first kappa shape index (κ1) is 14.1. The summed E-state index contributed by atoms with van der Waals surface area (Å²) in [5.74, 6) is 1.68. The first-order valence-corrected chi connectivity index (χ1v) is 6.41. The molecule has 4 heteroatoms. The van der Waals surface area contributed by atoms with Gasteiger partial charge in [0.25, 0.3) is 0 Å². The van der Waals surface area contributed by atoms with Crippen molar-refractivity contribution in [1.82, 2.24) is 0 Å². The summed E-state index contributed by atoms with van der Waals surface area (Å²) in [6, 6.07) is 12.9. The van der Waals surface area contributed by atoms with Crippen LogP contribution in [0.5, 0.6) is 17.2 Å². The van der Waals surface area contributed by atoms with E-state index in [1.165, 1.54) is 0 Å². The Labute approximate surface area is 119 Å². The lowest BCUT2D eigenvalue weighted by Gasteiger charge is -2.17. The van der Waals surface area contributed by atoms with Gasteiger partial charge in [-0.2, -0.15) is 0 Å². The zero-order chi connectivity index (χ0) is 14.5. The van der Waals surface area contributed by atoms with Crippen molar-refractivity contribution in [3.05, 3.63) is 48.0 Å². The lowest BCUT2D eigenvalue weighted by molar-refractivity contribution is 0.406. The highest BCUT2D eigenvalue weighted by atomic mass is 16.5. The summed E-state index contributed by atoms with van der Waals surface area (Å²) in [6.07, 6.45) is 0. The van der Waals surface area contributed by atoms with E-state index in [0.29, 0.717) is 5.75 Å². The molecule has 0 aliphatic heterocycles. The Morgan fingerprint density at radius 1 is 0.950 bits per heavy atom. The molecule has 0 aliphatic carbocycles. The van der Waals surface area contributed by atoms with Crippen LogP contribution in [0.2, 0.25) is 0 Å². The fraction of sp³-hybridized carbons (Fsp3) is 0.250. The fourth-order valence-corrected chi connectivity index (χ4v) is 2.03. The average Bonchev–Trinajstić information content (AvgIpc) is 2.47. The number of phenols is 1. The molecule has 0 aromatic heterocycles. The molecule has 0 bridgehead atoms. The van der Waals surface area contributed by atoms with E-state index < -0.39 is 0 Å². The number of phenolic OH excluding ortho intramolecular Hbond substituents is 1. The van der Waals surface area contributed by atoms with Crippen LogP contribution in [0.4, 0.5) is 5.69 Å². The third-order valence-corrected chi connectivity index (χ3v) is 3.18. The van der Waals surface area contributed by atoms with E-state index in [2.05, 4.69) is 5.32 Å². The van der Waals surface area contributed by atoms with E-state index >= 15 is 0 Å². The van der Waals surface area contributed by atoms with Gasteiger partial charge < -0.3 is 19.9 Å². The predicted octanol–water partition coefficient (Wildman–Crippen LogP) is 3.58. The predicted molar refractivity (Wildman–Crippen MR) is 79.7 cm³/mol. The van der Waals surface area contributed by atoms with Crippen LogP contribution < -0.4 is 14.8 Å². The molecule has 106 valence electrons. The van der Waals surface area contributed by atoms with E-state index in [4.69, 9.17) is 9.47 Å². The minimum absolute atomic E-state index is 0.0192. The smallest absolute Gasteiger partial charge is 0.124 e. The lowest BCUT2D eigenvalue weighted by Crippen LogP contribution is -2.06. The Bertz CT molecular complexity index is 566. The second-order valence-electron chi connectivity index (χ2n) is 4.52. The number of nitrogens with one attached hydrogen (secondary N) is 1. The SMILES string of the molecule is COc1ccc(NC(C)c2ccc(OC)cc2O)cc1. The van der Waals surface area contributed by atoms with Gasteiger partial charge in [0.15, 0.2) is 0 Å². The summed E-state index contributed by atoms with van der Waals surface area (Å²) in [4.78, 5) is 0. The lowest BCUT2D eigenvalue weighted by atomic mass is 10.1.